The van der Waals surface area contributed by atoms with Crippen molar-refractivity contribution in [3.8, 4) is 0 Å². The second-order valence-electron chi connectivity index (χ2n) is 1.71. The quantitative estimate of drug-likeness (QED) is 0.426. The van der Waals surface area contributed by atoms with Crippen molar-refractivity contribution in [1.82, 2.24) is 0 Å². The summed E-state index contributed by atoms with van der Waals surface area (Å²) in [6.07, 6.45) is 3.92. The molecule has 0 bridgehead atoms. The molecule has 0 aromatic rings. The van der Waals surface area contributed by atoms with Gasteiger partial charge in [0.15, 0.2) is 0 Å². The van der Waals surface area contributed by atoms with Crippen LogP contribution in [0.25, 0.3) is 0 Å². The van der Waals surface area contributed by atoms with Gasteiger partial charge in [-0.05, 0) is 12.8 Å². The van der Waals surface area contributed by atoms with Crippen molar-refractivity contribution in [2.75, 3.05) is 6.54 Å². The Morgan fingerprint density at radius 1 is 1.71 bits per heavy atom. The lowest BCUT2D eigenvalue weighted by Gasteiger charge is -2.06. The van der Waals surface area contributed by atoms with Crippen LogP contribution < -0.4 is 0 Å². The number of nitrogens with zero attached hydrogens (tertiary/aromatic N) is 1. The molecule has 1 heterocycles. The zero-order valence-electron chi connectivity index (χ0n) is 4.10. The van der Waals surface area contributed by atoms with Crippen LogP contribution >= 0.6 is 11.6 Å². The van der Waals surface area contributed by atoms with Gasteiger partial charge in [0.1, 0.15) is 0 Å². The first-order chi connectivity index (χ1) is 3.39. The van der Waals surface area contributed by atoms with E-state index >= 15 is 0 Å². The highest BCUT2D eigenvalue weighted by Gasteiger charge is 2.03. The van der Waals surface area contributed by atoms with Crippen LogP contribution in [0.15, 0.2) is 4.99 Å². The number of halogens is 1. The molecule has 0 spiro atoms. The summed E-state index contributed by atoms with van der Waals surface area (Å²) in [6, 6.07) is 0. The summed E-state index contributed by atoms with van der Waals surface area (Å²) in [7, 11) is 0. The molecule has 7 heavy (non-hydrogen) atoms. The fraction of sp³-hybridized carbons (Fsp3) is 0.800. The van der Waals surface area contributed by atoms with Crippen LogP contribution in [0.2, 0.25) is 0 Å². The molecule has 0 fully saturated rings. The molecule has 1 unspecified atom stereocenters. The van der Waals surface area contributed by atoms with Gasteiger partial charge in [0.25, 0.3) is 0 Å². The van der Waals surface area contributed by atoms with Crippen molar-refractivity contribution in [3.05, 3.63) is 0 Å². The normalized spacial score (nSPS) is 30.7. The zero-order chi connectivity index (χ0) is 5.11. The molecule has 0 radical (unpaired) electrons. The smallest absolute Gasteiger partial charge is 0.0402 e. The van der Waals surface area contributed by atoms with E-state index in [1.54, 1.807) is 0 Å². The minimum Gasteiger partial charge on any atom is -0.297 e. The first-order valence-corrected chi connectivity index (χ1v) is 2.95. The fourth-order valence-electron chi connectivity index (χ4n) is 0.613. The molecule has 0 amide bonds. The minimum atomic E-state index is 0.359. The second-order valence-corrected chi connectivity index (χ2v) is 2.33. The molecule has 0 aromatic carbocycles. The van der Waals surface area contributed by atoms with E-state index in [0.717, 1.165) is 19.4 Å². The summed E-state index contributed by atoms with van der Waals surface area (Å²) in [5.74, 6) is 0. The van der Waals surface area contributed by atoms with E-state index in [4.69, 9.17) is 11.6 Å². The van der Waals surface area contributed by atoms with E-state index < -0.39 is 0 Å². The first kappa shape index (κ1) is 5.10. The van der Waals surface area contributed by atoms with Gasteiger partial charge in [0, 0.05) is 18.1 Å². The maximum atomic E-state index is 5.73. The third-order valence-electron chi connectivity index (χ3n) is 1.06. The van der Waals surface area contributed by atoms with E-state index in [0.29, 0.717) is 5.38 Å². The van der Waals surface area contributed by atoms with Gasteiger partial charge in [-0.1, -0.05) is 0 Å². The lowest BCUT2D eigenvalue weighted by Crippen LogP contribution is -2.06. The maximum Gasteiger partial charge on any atom is 0.0402 e. The van der Waals surface area contributed by atoms with Crippen LogP contribution in [0.3, 0.4) is 0 Å². The van der Waals surface area contributed by atoms with Gasteiger partial charge >= 0.3 is 0 Å². The highest BCUT2D eigenvalue weighted by atomic mass is 35.5. The summed E-state index contributed by atoms with van der Waals surface area (Å²) in [6.45, 7) is 0.925. The maximum absolute atomic E-state index is 5.73. The number of hydrogen-bond donors (Lipinski definition) is 0. The monoisotopic (exact) mass is 117 g/mol. The summed E-state index contributed by atoms with van der Waals surface area (Å²) >= 11 is 5.73. The van der Waals surface area contributed by atoms with E-state index in [2.05, 4.69) is 4.99 Å². The van der Waals surface area contributed by atoms with Crippen LogP contribution in [0, 0.1) is 0 Å². The molecule has 0 aliphatic carbocycles. The highest BCUT2D eigenvalue weighted by molar-refractivity contribution is 6.21. The van der Waals surface area contributed by atoms with Crippen LogP contribution in [-0.2, 0) is 0 Å². The fourth-order valence-corrected chi connectivity index (χ4v) is 0.790. The van der Waals surface area contributed by atoms with Gasteiger partial charge in [0.05, 0.1) is 0 Å². The Morgan fingerprint density at radius 2 is 2.57 bits per heavy atom. The predicted octanol–water partition coefficient (Wildman–Crippen LogP) is 1.46. The lowest BCUT2D eigenvalue weighted by atomic mass is 10.2. The van der Waals surface area contributed by atoms with Gasteiger partial charge in [-0.3, -0.25) is 4.99 Å². The van der Waals surface area contributed by atoms with E-state index in [1.165, 1.54) is 0 Å². The summed E-state index contributed by atoms with van der Waals surface area (Å²) in [5.41, 5.74) is 0. The average Bonchev–Trinajstić information content (AvgIpc) is 1.69. The number of hydrogen-bond acceptors (Lipinski definition) is 1. The molecule has 0 saturated carbocycles. The van der Waals surface area contributed by atoms with Crippen LogP contribution in [0.1, 0.15) is 12.8 Å². The molecule has 1 atom stereocenters. The second kappa shape index (κ2) is 2.31. The third kappa shape index (κ3) is 1.48. The summed E-state index contributed by atoms with van der Waals surface area (Å²) < 4.78 is 0. The van der Waals surface area contributed by atoms with Gasteiger partial charge < -0.3 is 0 Å². The Kier molecular flexibility index (Phi) is 1.69. The van der Waals surface area contributed by atoms with Crippen molar-refractivity contribution < 1.29 is 0 Å². The third-order valence-corrected chi connectivity index (χ3v) is 1.46. The Bertz CT molecular complexity index is 80.1. The molecule has 0 aromatic heterocycles. The van der Waals surface area contributed by atoms with Crippen LogP contribution in [0.5, 0.6) is 0 Å². The summed E-state index contributed by atoms with van der Waals surface area (Å²) in [4.78, 5) is 4.02. The van der Waals surface area contributed by atoms with E-state index in [9.17, 15) is 0 Å². The van der Waals surface area contributed by atoms with Crippen molar-refractivity contribution in [2.45, 2.75) is 18.2 Å². The molecule has 0 saturated heterocycles. The molecule has 1 nitrogen and oxygen atoms in total. The number of rotatable bonds is 0. The topological polar surface area (TPSA) is 12.4 Å². The average molecular weight is 118 g/mol. The van der Waals surface area contributed by atoms with Crippen molar-refractivity contribution >= 4 is 17.8 Å². The van der Waals surface area contributed by atoms with E-state index in [-0.39, 0.29) is 0 Å². The minimum absolute atomic E-state index is 0.359. The highest BCUT2D eigenvalue weighted by Crippen LogP contribution is 2.08. The standard InChI is InChI=1S/C5H8ClN/c6-5-1-3-7-4-2-5/h3,5H,1-2,4H2. The number of alkyl halides is 1. The predicted molar refractivity (Wildman–Crippen MR) is 32.2 cm³/mol. The molecule has 0 N–H and O–H groups in total. The van der Waals surface area contributed by atoms with Crippen molar-refractivity contribution in [3.63, 3.8) is 0 Å². The van der Waals surface area contributed by atoms with Gasteiger partial charge in [0.2, 0.25) is 0 Å². The van der Waals surface area contributed by atoms with Gasteiger partial charge in [-0.15, -0.1) is 11.6 Å². The van der Waals surface area contributed by atoms with E-state index in [1.807, 2.05) is 6.21 Å². The van der Waals surface area contributed by atoms with Crippen LogP contribution in [0.4, 0.5) is 0 Å². The molecular formula is C5H8ClN. The van der Waals surface area contributed by atoms with Gasteiger partial charge in [-0.2, -0.15) is 0 Å². The van der Waals surface area contributed by atoms with Crippen molar-refractivity contribution in [2.24, 2.45) is 4.99 Å². The number of aliphatic imine (C=N–C) groups is 1. The van der Waals surface area contributed by atoms with Gasteiger partial charge in [-0.25, -0.2) is 0 Å². The molecule has 1 aliphatic rings. The SMILES string of the molecule is ClC1CC=NCC1. The molecule has 1 rings (SSSR count). The van der Waals surface area contributed by atoms with Crippen LogP contribution in [-0.4, -0.2) is 18.1 Å². The molecular weight excluding hydrogens is 110 g/mol. The first-order valence-electron chi connectivity index (χ1n) is 2.52. The molecule has 40 valence electrons. The Labute approximate surface area is 48.4 Å². The van der Waals surface area contributed by atoms with Crippen molar-refractivity contribution in [1.29, 1.82) is 0 Å². The zero-order valence-corrected chi connectivity index (χ0v) is 4.86. The summed E-state index contributed by atoms with van der Waals surface area (Å²) in [5, 5.41) is 0.359. The Hall–Kier alpha value is -0.0400. The Morgan fingerprint density at radius 3 is 2.86 bits per heavy atom. The lowest BCUT2D eigenvalue weighted by molar-refractivity contribution is 0.757. The molecule has 1 aliphatic heterocycles. The Balaban J connectivity index is 2.32. The largest absolute Gasteiger partial charge is 0.297 e. The molecule has 2 heteroatoms.